The van der Waals surface area contributed by atoms with Gasteiger partial charge in [-0.15, -0.1) is 0 Å². The van der Waals surface area contributed by atoms with Crippen molar-refractivity contribution in [1.29, 1.82) is 0 Å². The molecule has 0 saturated heterocycles. The minimum atomic E-state index is -1.18. The number of nitrogens with zero attached hydrogens (tertiary/aromatic N) is 1. The fourth-order valence-electron chi connectivity index (χ4n) is 6.59. The predicted octanol–water partition coefficient (Wildman–Crippen LogP) is 3.56. The van der Waals surface area contributed by atoms with Crippen LogP contribution in [0.25, 0.3) is 0 Å². The Hall–Kier alpha value is -4.46. The molecule has 64 heavy (non-hydrogen) atoms. The zero-order valence-corrected chi connectivity index (χ0v) is 38.0. The van der Waals surface area contributed by atoms with E-state index < -0.39 is 18.0 Å². The van der Waals surface area contributed by atoms with Gasteiger partial charge in [0.05, 0.1) is 46.2 Å². The van der Waals surface area contributed by atoms with Crippen molar-refractivity contribution in [3.05, 3.63) is 12.2 Å². The predicted molar refractivity (Wildman–Crippen MR) is 237 cm³/mol. The van der Waals surface area contributed by atoms with E-state index in [2.05, 4.69) is 21.3 Å². The van der Waals surface area contributed by atoms with E-state index in [1.807, 2.05) is 0 Å². The van der Waals surface area contributed by atoms with Crippen LogP contribution in [0, 0.1) is 0 Å². The Morgan fingerprint density at radius 3 is 1.33 bits per heavy atom. The molecule has 0 radical (unpaired) electrons. The van der Waals surface area contributed by atoms with Crippen LogP contribution in [0.15, 0.2) is 12.2 Å². The summed E-state index contributed by atoms with van der Waals surface area (Å²) in [6, 6.07) is -1.14. The summed E-state index contributed by atoms with van der Waals surface area (Å²) in [5.41, 5.74) is 0. The van der Waals surface area contributed by atoms with E-state index >= 15 is 0 Å². The van der Waals surface area contributed by atoms with Crippen LogP contribution < -0.4 is 21.3 Å². The standard InChI is InChI=1S/C45H77N5O14/c51-38(18-15-13-17-28-50-42(55)23-24-43(50)56)46-25-29-63-34-35-64-36-41(54)48-27-31-62-33-32-61-30-26-47-39(52)22-21-37(45(59)60)49-40(53)19-14-11-9-7-5-3-1-2-4-6-8-10-12-16-20-44(57)58/h23-24,37H,1-22,25-36H2,(H,46,51)(H,47,52)(H,48,54)(H,49,53)(H,57,58)(H,59,60). The largest absolute Gasteiger partial charge is 0.481 e. The molecule has 6 N–H and O–H groups in total. The lowest BCUT2D eigenvalue weighted by molar-refractivity contribution is -0.142. The molecule has 1 atom stereocenters. The van der Waals surface area contributed by atoms with Crippen LogP contribution in [0.3, 0.4) is 0 Å². The third-order valence-electron chi connectivity index (χ3n) is 10.2. The number of ether oxygens (including phenoxy) is 4. The van der Waals surface area contributed by atoms with Crippen molar-refractivity contribution in [3.8, 4) is 0 Å². The molecule has 1 unspecified atom stereocenters. The van der Waals surface area contributed by atoms with Crippen LogP contribution in [-0.4, -0.2) is 148 Å². The molecular weight excluding hydrogens is 835 g/mol. The first-order valence-corrected chi connectivity index (χ1v) is 23.4. The number of hydrogen-bond acceptors (Lipinski definition) is 12. The molecular formula is C45H77N5O14. The molecule has 0 saturated carbocycles. The summed E-state index contributed by atoms with van der Waals surface area (Å²) in [4.78, 5) is 94.7. The fraction of sp³-hybridized carbons (Fsp3) is 0.778. The van der Waals surface area contributed by atoms with Crippen LogP contribution in [0.2, 0.25) is 0 Å². The topological polar surface area (TPSA) is 265 Å². The Morgan fingerprint density at radius 2 is 0.859 bits per heavy atom. The van der Waals surface area contributed by atoms with Crippen molar-refractivity contribution in [2.75, 3.05) is 79.0 Å². The highest BCUT2D eigenvalue weighted by Gasteiger charge is 2.22. The minimum absolute atomic E-state index is 0.0199. The smallest absolute Gasteiger partial charge is 0.326 e. The average molecular weight is 912 g/mol. The number of carbonyl (C=O) groups is 8. The van der Waals surface area contributed by atoms with E-state index in [4.69, 9.17) is 24.1 Å². The maximum absolute atomic E-state index is 12.3. The van der Waals surface area contributed by atoms with Crippen LogP contribution in [0.5, 0.6) is 0 Å². The zero-order chi connectivity index (χ0) is 46.9. The van der Waals surface area contributed by atoms with Gasteiger partial charge in [-0.2, -0.15) is 0 Å². The number of amides is 6. The summed E-state index contributed by atoms with van der Waals surface area (Å²) < 4.78 is 21.5. The average Bonchev–Trinajstić information content (AvgIpc) is 3.58. The molecule has 19 nitrogen and oxygen atoms in total. The number of rotatable bonds is 45. The normalized spacial score (nSPS) is 12.7. The number of carbonyl (C=O) groups excluding carboxylic acids is 6. The van der Waals surface area contributed by atoms with E-state index in [9.17, 15) is 43.5 Å². The second-order valence-corrected chi connectivity index (χ2v) is 15.8. The Morgan fingerprint density at radius 1 is 0.469 bits per heavy atom. The molecule has 1 rings (SSSR count). The fourth-order valence-corrected chi connectivity index (χ4v) is 6.59. The summed E-state index contributed by atoms with van der Waals surface area (Å²) in [6.07, 6.45) is 20.4. The van der Waals surface area contributed by atoms with Gasteiger partial charge < -0.3 is 50.4 Å². The molecule has 0 bridgehead atoms. The van der Waals surface area contributed by atoms with Gasteiger partial charge in [0.1, 0.15) is 12.6 Å². The van der Waals surface area contributed by atoms with Gasteiger partial charge in [-0.1, -0.05) is 83.5 Å². The molecule has 0 fully saturated rings. The van der Waals surface area contributed by atoms with Gasteiger partial charge in [0.2, 0.25) is 23.6 Å². The Labute approximate surface area is 378 Å². The van der Waals surface area contributed by atoms with Gasteiger partial charge in [0.25, 0.3) is 11.8 Å². The van der Waals surface area contributed by atoms with Crippen LogP contribution >= 0.6 is 0 Å². The molecule has 366 valence electrons. The number of imide groups is 1. The molecule has 1 aliphatic rings. The van der Waals surface area contributed by atoms with Gasteiger partial charge in [-0.25, -0.2) is 4.79 Å². The van der Waals surface area contributed by atoms with Crippen molar-refractivity contribution in [3.63, 3.8) is 0 Å². The van der Waals surface area contributed by atoms with Gasteiger partial charge in [0.15, 0.2) is 0 Å². The molecule has 0 spiro atoms. The first kappa shape index (κ1) is 57.6. The SMILES string of the molecule is O=C(O)CCCCCCCCCCCCCCCCC(=O)NC(CCC(=O)NCCOCCOCCNC(=O)COCCOCCNC(=O)CCCCCN1C(=O)C=CC1=O)C(=O)O. The summed E-state index contributed by atoms with van der Waals surface area (Å²) >= 11 is 0. The number of hydrogen-bond donors (Lipinski definition) is 6. The summed E-state index contributed by atoms with van der Waals surface area (Å²) in [6.45, 7) is 2.90. The molecule has 19 heteroatoms. The number of aliphatic carboxylic acids is 2. The molecule has 0 aromatic rings. The summed E-state index contributed by atoms with van der Waals surface area (Å²) in [7, 11) is 0. The Balaban J connectivity index is 1.87. The zero-order valence-electron chi connectivity index (χ0n) is 38.0. The molecule has 0 aromatic heterocycles. The molecule has 1 heterocycles. The third-order valence-corrected chi connectivity index (χ3v) is 10.2. The number of nitrogens with one attached hydrogen (secondary N) is 4. The Bertz CT molecular complexity index is 1360. The van der Waals surface area contributed by atoms with Crippen molar-refractivity contribution in [1.82, 2.24) is 26.2 Å². The van der Waals surface area contributed by atoms with Crippen molar-refractivity contribution < 1.29 is 67.5 Å². The van der Waals surface area contributed by atoms with E-state index in [1.165, 1.54) is 62.0 Å². The summed E-state index contributed by atoms with van der Waals surface area (Å²) in [5.74, 6) is -3.57. The maximum Gasteiger partial charge on any atom is 0.326 e. The molecule has 1 aliphatic heterocycles. The lowest BCUT2D eigenvalue weighted by Crippen LogP contribution is -2.41. The van der Waals surface area contributed by atoms with Gasteiger partial charge in [0, 0.05) is 64.0 Å². The minimum Gasteiger partial charge on any atom is -0.481 e. The van der Waals surface area contributed by atoms with Gasteiger partial charge in [-0.3, -0.25) is 38.5 Å². The van der Waals surface area contributed by atoms with E-state index in [0.717, 1.165) is 44.9 Å². The first-order chi connectivity index (χ1) is 31.0. The van der Waals surface area contributed by atoms with Crippen LogP contribution in [0.1, 0.15) is 141 Å². The maximum atomic E-state index is 12.3. The second kappa shape index (κ2) is 40.1. The van der Waals surface area contributed by atoms with E-state index in [1.54, 1.807) is 0 Å². The van der Waals surface area contributed by atoms with Gasteiger partial charge >= 0.3 is 11.9 Å². The number of carboxylic acid groups (broad SMARTS) is 2. The van der Waals surface area contributed by atoms with E-state index in [0.29, 0.717) is 45.4 Å². The monoisotopic (exact) mass is 912 g/mol. The molecule has 6 amide bonds. The van der Waals surface area contributed by atoms with Gasteiger partial charge in [-0.05, 0) is 32.1 Å². The van der Waals surface area contributed by atoms with Crippen molar-refractivity contribution in [2.45, 2.75) is 147 Å². The highest BCUT2D eigenvalue weighted by atomic mass is 16.5. The first-order valence-electron chi connectivity index (χ1n) is 23.4. The second-order valence-electron chi connectivity index (χ2n) is 15.8. The highest BCUT2D eigenvalue weighted by molar-refractivity contribution is 6.12. The number of unbranched alkanes of at least 4 members (excludes halogenated alkanes) is 15. The van der Waals surface area contributed by atoms with Crippen LogP contribution in [-0.2, 0) is 57.3 Å². The summed E-state index contributed by atoms with van der Waals surface area (Å²) in [5, 5.41) is 28.8. The van der Waals surface area contributed by atoms with Crippen molar-refractivity contribution in [2.24, 2.45) is 0 Å². The van der Waals surface area contributed by atoms with Crippen molar-refractivity contribution >= 4 is 47.4 Å². The molecule has 0 aliphatic carbocycles. The third kappa shape index (κ3) is 35.0. The van der Waals surface area contributed by atoms with E-state index in [-0.39, 0.29) is 120 Å². The quantitative estimate of drug-likeness (QED) is 0.0377. The lowest BCUT2D eigenvalue weighted by Gasteiger charge is -2.14. The molecule has 0 aromatic carbocycles. The Kier molecular flexibility index (Phi) is 36.0. The lowest BCUT2D eigenvalue weighted by atomic mass is 10.0. The highest BCUT2D eigenvalue weighted by Crippen LogP contribution is 2.14. The van der Waals surface area contributed by atoms with Crippen LogP contribution in [0.4, 0.5) is 0 Å². The number of carboxylic acids is 2.